The number of nitrogens with zero attached hydrogens (tertiary/aromatic N) is 2. The molecular weight excluding hydrogens is 359 g/mol. The van der Waals surface area contributed by atoms with Crippen LogP contribution < -0.4 is 0 Å². The van der Waals surface area contributed by atoms with Gasteiger partial charge in [0.15, 0.2) is 0 Å². The highest BCUT2D eigenvalue weighted by Crippen LogP contribution is 2.38. The van der Waals surface area contributed by atoms with Crippen LogP contribution >= 0.6 is 27.5 Å². The maximum Gasteiger partial charge on any atom is 0.139 e. The molecule has 0 amide bonds. The average molecular weight is 376 g/mol. The zero-order valence-electron chi connectivity index (χ0n) is 12.0. The predicted molar refractivity (Wildman–Crippen MR) is 85.5 cm³/mol. The molecule has 3 rings (SSSR count). The number of benzene rings is 1. The zero-order valence-corrected chi connectivity index (χ0v) is 14.3. The number of ether oxygens (including phenoxy) is 1. The number of aryl methyl sites for hydroxylation is 1. The second-order valence-electron chi connectivity index (χ2n) is 5.68. The Balaban J connectivity index is 2.27. The molecule has 2 unspecified atom stereocenters. The van der Waals surface area contributed by atoms with Crippen molar-refractivity contribution in [2.45, 2.75) is 38.3 Å². The SMILES string of the molecule is CC1OCCC1(C)n1c(CCCl)nc2cc(F)c(Br)cc21. The fourth-order valence-electron chi connectivity index (χ4n) is 3.06. The Kier molecular flexibility index (Phi) is 4.01. The smallest absolute Gasteiger partial charge is 0.139 e. The van der Waals surface area contributed by atoms with Gasteiger partial charge in [-0.2, -0.15) is 0 Å². The van der Waals surface area contributed by atoms with Crippen LogP contribution in [0.4, 0.5) is 4.39 Å². The van der Waals surface area contributed by atoms with Crippen molar-refractivity contribution in [3.8, 4) is 0 Å². The summed E-state index contributed by atoms with van der Waals surface area (Å²) in [5.41, 5.74) is 1.40. The van der Waals surface area contributed by atoms with Gasteiger partial charge in [0.2, 0.25) is 0 Å². The van der Waals surface area contributed by atoms with Crippen molar-refractivity contribution in [2.24, 2.45) is 0 Å². The van der Waals surface area contributed by atoms with E-state index in [0.717, 1.165) is 24.4 Å². The van der Waals surface area contributed by atoms with Gasteiger partial charge in [0.1, 0.15) is 11.6 Å². The van der Waals surface area contributed by atoms with Crippen molar-refractivity contribution in [1.82, 2.24) is 9.55 Å². The highest BCUT2D eigenvalue weighted by atomic mass is 79.9. The quantitative estimate of drug-likeness (QED) is 0.750. The monoisotopic (exact) mass is 374 g/mol. The molecule has 0 spiro atoms. The lowest BCUT2D eigenvalue weighted by Crippen LogP contribution is -2.38. The molecule has 1 aliphatic heterocycles. The predicted octanol–water partition coefficient (Wildman–Crippen LogP) is 4.24. The van der Waals surface area contributed by atoms with E-state index < -0.39 is 0 Å². The number of halogens is 3. The molecule has 0 N–H and O–H groups in total. The van der Waals surface area contributed by atoms with Gasteiger partial charge >= 0.3 is 0 Å². The Morgan fingerprint density at radius 2 is 2.33 bits per heavy atom. The van der Waals surface area contributed by atoms with E-state index >= 15 is 0 Å². The van der Waals surface area contributed by atoms with Crippen LogP contribution in [0.1, 0.15) is 26.1 Å². The van der Waals surface area contributed by atoms with Gasteiger partial charge in [0.25, 0.3) is 0 Å². The van der Waals surface area contributed by atoms with E-state index in [4.69, 9.17) is 16.3 Å². The largest absolute Gasteiger partial charge is 0.376 e. The van der Waals surface area contributed by atoms with Gasteiger partial charge < -0.3 is 9.30 Å². The molecule has 1 aromatic carbocycles. The molecule has 2 heterocycles. The minimum atomic E-state index is -0.301. The van der Waals surface area contributed by atoms with Crippen molar-refractivity contribution in [1.29, 1.82) is 0 Å². The Labute approximate surface area is 136 Å². The highest BCUT2D eigenvalue weighted by Gasteiger charge is 2.41. The summed E-state index contributed by atoms with van der Waals surface area (Å²) in [7, 11) is 0. The van der Waals surface area contributed by atoms with E-state index in [9.17, 15) is 4.39 Å². The first-order valence-corrected chi connectivity index (χ1v) is 8.34. The van der Waals surface area contributed by atoms with E-state index in [2.05, 4.69) is 39.3 Å². The highest BCUT2D eigenvalue weighted by molar-refractivity contribution is 9.10. The first kappa shape index (κ1) is 15.3. The molecule has 2 aromatic rings. The van der Waals surface area contributed by atoms with Crippen LogP contribution in [0.5, 0.6) is 0 Å². The third kappa shape index (κ3) is 2.39. The van der Waals surface area contributed by atoms with Crippen molar-refractivity contribution >= 4 is 38.6 Å². The number of fused-ring (bicyclic) bond motifs is 1. The lowest BCUT2D eigenvalue weighted by Gasteiger charge is -2.32. The molecular formula is C15H17BrClFN2O. The van der Waals surface area contributed by atoms with Crippen LogP contribution in [-0.2, 0) is 16.7 Å². The fraction of sp³-hybridized carbons (Fsp3) is 0.533. The Hall–Kier alpha value is -0.650. The Morgan fingerprint density at radius 1 is 1.57 bits per heavy atom. The van der Waals surface area contributed by atoms with Gasteiger partial charge in [-0.05, 0) is 42.3 Å². The summed E-state index contributed by atoms with van der Waals surface area (Å²) in [6, 6.07) is 3.27. The first-order chi connectivity index (χ1) is 9.97. The number of rotatable bonds is 3. The number of aromatic nitrogens is 2. The number of alkyl halides is 1. The van der Waals surface area contributed by atoms with Crippen LogP contribution in [0.2, 0.25) is 0 Å². The fourth-order valence-corrected chi connectivity index (χ4v) is 3.56. The van der Waals surface area contributed by atoms with Gasteiger partial charge in [-0.25, -0.2) is 9.37 Å². The molecule has 21 heavy (non-hydrogen) atoms. The van der Waals surface area contributed by atoms with Crippen LogP contribution in [-0.4, -0.2) is 28.1 Å². The lowest BCUT2D eigenvalue weighted by atomic mass is 9.93. The summed E-state index contributed by atoms with van der Waals surface area (Å²) >= 11 is 9.19. The number of imidazole rings is 1. The van der Waals surface area contributed by atoms with E-state index in [0.29, 0.717) is 22.3 Å². The molecule has 1 aromatic heterocycles. The van der Waals surface area contributed by atoms with Gasteiger partial charge in [0, 0.05) is 25.0 Å². The topological polar surface area (TPSA) is 27.1 Å². The molecule has 0 radical (unpaired) electrons. The Bertz CT molecular complexity index is 690. The number of hydrogen-bond donors (Lipinski definition) is 0. The zero-order chi connectivity index (χ0) is 15.2. The summed E-state index contributed by atoms with van der Waals surface area (Å²) < 4.78 is 22.2. The van der Waals surface area contributed by atoms with E-state index in [1.807, 2.05) is 0 Å². The van der Waals surface area contributed by atoms with Gasteiger partial charge in [-0.15, -0.1) is 11.6 Å². The molecule has 6 heteroatoms. The van der Waals surface area contributed by atoms with Crippen molar-refractivity contribution in [2.75, 3.05) is 12.5 Å². The molecule has 0 saturated carbocycles. The molecule has 1 fully saturated rings. The first-order valence-electron chi connectivity index (χ1n) is 7.02. The summed E-state index contributed by atoms with van der Waals surface area (Å²) in [4.78, 5) is 4.59. The van der Waals surface area contributed by atoms with Crippen LogP contribution in [0, 0.1) is 5.82 Å². The summed E-state index contributed by atoms with van der Waals surface area (Å²) in [6.45, 7) is 4.96. The minimum Gasteiger partial charge on any atom is -0.376 e. The van der Waals surface area contributed by atoms with Crippen molar-refractivity contribution in [3.63, 3.8) is 0 Å². The standard InChI is InChI=1S/C15H17BrClFN2O/c1-9-15(2,4-6-21-9)20-13-7-10(16)11(18)8-12(13)19-14(20)3-5-17/h7-9H,3-6H2,1-2H3. The molecule has 3 nitrogen and oxygen atoms in total. The Morgan fingerprint density at radius 3 is 2.95 bits per heavy atom. The van der Waals surface area contributed by atoms with Gasteiger partial charge in [-0.3, -0.25) is 0 Å². The van der Waals surface area contributed by atoms with Crippen molar-refractivity contribution in [3.05, 3.63) is 28.2 Å². The lowest BCUT2D eigenvalue weighted by molar-refractivity contribution is 0.0764. The second-order valence-corrected chi connectivity index (χ2v) is 6.91. The van der Waals surface area contributed by atoms with Crippen LogP contribution in [0.25, 0.3) is 11.0 Å². The van der Waals surface area contributed by atoms with Crippen LogP contribution in [0.3, 0.4) is 0 Å². The summed E-state index contributed by atoms with van der Waals surface area (Å²) in [5, 5.41) is 0. The van der Waals surface area contributed by atoms with Gasteiger partial charge in [0.05, 0.1) is 27.1 Å². The third-order valence-electron chi connectivity index (χ3n) is 4.45. The molecule has 114 valence electrons. The normalized spacial score (nSPS) is 25.9. The maximum atomic E-state index is 13.8. The summed E-state index contributed by atoms with van der Waals surface area (Å²) in [5.74, 6) is 1.07. The summed E-state index contributed by atoms with van der Waals surface area (Å²) in [6.07, 6.45) is 1.63. The van der Waals surface area contributed by atoms with Crippen LogP contribution in [0.15, 0.2) is 16.6 Å². The molecule has 1 aliphatic rings. The van der Waals surface area contributed by atoms with Crippen molar-refractivity contribution < 1.29 is 9.13 Å². The molecule has 0 bridgehead atoms. The van der Waals surface area contributed by atoms with E-state index in [-0.39, 0.29) is 17.5 Å². The third-order valence-corrected chi connectivity index (χ3v) is 5.24. The molecule has 1 saturated heterocycles. The average Bonchev–Trinajstić information content (AvgIpc) is 2.93. The minimum absolute atomic E-state index is 0.0767. The van der Waals surface area contributed by atoms with Gasteiger partial charge in [-0.1, -0.05) is 0 Å². The second kappa shape index (κ2) is 5.52. The maximum absolute atomic E-state index is 13.8. The molecule has 2 atom stereocenters. The van der Waals surface area contributed by atoms with E-state index in [1.165, 1.54) is 6.07 Å². The molecule has 0 aliphatic carbocycles. The van der Waals surface area contributed by atoms with E-state index in [1.54, 1.807) is 6.07 Å². The number of hydrogen-bond acceptors (Lipinski definition) is 2.